The second kappa shape index (κ2) is 3.85. The Morgan fingerprint density at radius 2 is 2.00 bits per heavy atom. The zero-order chi connectivity index (χ0) is 12.8. The molecule has 1 aliphatic carbocycles. The van der Waals surface area contributed by atoms with Gasteiger partial charge in [0, 0.05) is 25.2 Å². The van der Waals surface area contributed by atoms with Gasteiger partial charge in [-0.15, -0.1) is 0 Å². The van der Waals surface area contributed by atoms with Crippen LogP contribution in [0.2, 0.25) is 0 Å². The normalized spacial score (nSPS) is 22.4. The molecule has 2 fully saturated rings. The molecule has 0 radical (unpaired) electrons. The summed E-state index contributed by atoms with van der Waals surface area (Å²) in [7, 11) is 0. The van der Waals surface area contributed by atoms with E-state index in [4.69, 9.17) is 0 Å². The Morgan fingerprint density at radius 3 is 2.39 bits per heavy atom. The van der Waals surface area contributed by atoms with Crippen LogP contribution in [0.15, 0.2) is 18.3 Å². The Kier molecular flexibility index (Phi) is 2.52. The van der Waals surface area contributed by atoms with Gasteiger partial charge in [-0.3, -0.25) is 0 Å². The van der Waals surface area contributed by atoms with Crippen LogP contribution in [0.3, 0.4) is 0 Å². The maximum Gasteiger partial charge on any atom is 0.411 e. The molecule has 6 heteroatoms. The van der Waals surface area contributed by atoms with E-state index in [2.05, 4.69) is 15.6 Å². The van der Waals surface area contributed by atoms with Gasteiger partial charge < -0.3 is 10.6 Å². The quantitative estimate of drug-likeness (QED) is 0.872. The highest BCUT2D eigenvalue weighted by atomic mass is 19.4. The van der Waals surface area contributed by atoms with Crippen molar-refractivity contribution in [1.29, 1.82) is 0 Å². The SMILES string of the molecule is FC(F)(F)C1(Nc2ccc(C3CNC3)cn2)CC1. The van der Waals surface area contributed by atoms with Crippen LogP contribution < -0.4 is 10.6 Å². The molecule has 0 aromatic carbocycles. The number of pyridine rings is 1. The molecule has 3 nitrogen and oxygen atoms in total. The lowest BCUT2D eigenvalue weighted by molar-refractivity contribution is -0.151. The molecule has 1 aliphatic heterocycles. The first-order valence-corrected chi connectivity index (χ1v) is 6.02. The lowest BCUT2D eigenvalue weighted by Gasteiger charge is -2.27. The van der Waals surface area contributed by atoms with E-state index in [1.165, 1.54) is 0 Å². The van der Waals surface area contributed by atoms with Crippen LogP contribution in [0.25, 0.3) is 0 Å². The fourth-order valence-corrected chi connectivity index (χ4v) is 2.09. The zero-order valence-electron chi connectivity index (χ0n) is 9.72. The molecule has 1 saturated carbocycles. The van der Waals surface area contributed by atoms with E-state index < -0.39 is 11.7 Å². The number of hydrogen-bond acceptors (Lipinski definition) is 3. The Bertz CT molecular complexity index is 433. The third kappa shape index (κ3) is 1.94. The average Bonchev–Trinajstić information content (AvgIpc) is 2.98. The van der Waals surface area contributed by atoms with Crippen molar-refractivity contribution in [3.8, 4) is 0 Å². The van der Waals surface area contributed by atoms with Crippen molar-refractivity contribution in [2.75, 3.05) is 18.4 Å². The minimum atomic E-state index is -4.20. The number of halogens is 3. The van der Waals surface area contributed by atoms with Crippen molar-refractivity contribution in [2.45, 2.75) is 30.5 Å². The molecule has 0 atom stereocenters. The molecule has 2 N–H and O–H groups in total. The van der Waals surface area contributed by atoms with Crippen LogP contribution in [0.4, 0.5) is 19.0 Å². The second-order valence-corrected chi connectivity index (χ2v) is 5.04. The standard InChI is InChI=1S/C12H14F3N3/c13-12(14,15)11(3-4-11)18-10-2-1-8(7-17-10)9-5-16-6-9/h1-2,7,9,16H,3-6H2,(H,17,18). The molecule has 0 spiro atoms. The molecular formula is C12H14F3N3. The first-order chi connectivity index (χ1) is 8.50. The Morgan fingerprint density at radius 1 is 1.28 bits per heavy atom. The van der Waals surface area contributed by atoms with E-state index in [1.807, 2.05) is 6.07 Å². The van der Waals surface area contributed by atoms with E-state index in [9.17, 15) is 13.2 Å². The number of alkyl halides is 3. The van der Waals surface area contributed by atoms with Crippen molar-refractivity contribution in [2.24, 2.45) is 0 Å². The summed E-state index contributed by atoms with van der Waals surface area (Å²) in [6.07, 6.45) is -2.27. The highest BCUT2D eigenvalue weighted by molar-refractivity contribution is 5.43. The minimum absolute atomic E-state index is 0.131. The predicted molar refractivity (Wildman–Crippen MR) is 61.5 cm³/mol. The van der Waals surface area contributed by atoms with Crippen LogP contribution in [0.1, 0.15) is 24.3 Å². The Hall–Kier alpha value is -1.30. The van der Waals surface area contributed by atoms with Gasteiger partial charge in [-0.05, 0) is 24.5 Å². The van der Waals surface area contributed by atoms with Gasteiger partial charge in [-0.25, -0.2) is 4.98 Å². The van der Waals surface area contributed by atoms with E-state index in [-0.39, 0.29) is 12.8 Å². The molecule has 1 aromatic heterocycles. The van der Waals surface area contributed by atoms with Gasteiger partial charge in [0.05, 0.1) is 0 Å². The monoisotopic (exact) mass is 257 g/mol. The molecule has 98 valence electrons. The minimum Gasteiger partial charge on any atom is -0.356 e. The molecule has 3 rings (SSSR count). The summed E-state index contributed by atoms with van der Waals surface area (Å²) < 4.78 is 38.3. The third-order valence-corrected chi connectivity index (χ3v) is 3.70. The summed E-state index contributed by atoms with van der Waals surface area (Å²) in [5, 5.41) is 5.67. The summed E-state index contributed by atoms with van der Waals surface area (Å²) in [5.41, 5.74) is -0.657. The number of nitrogens with one attached hydrogen (secondary N) is 2. The lowest BCUT2D eigenvalue weighted by Crippen LogP contribution is -2.40. The number of aromatic nitrogens is 1. The Labute approximate surface area is 103 Å². The number of nitrogens with zero attached hydrogens (tertiary/aromatic N) is 1. The van der Waals surface area contributed by atoms with E-state index in [0.29, 0.717) is 11.7 Å². The fourth-order valence-electron chi connectivity index (χ4n) is 2.09. The fraction of sp³-hybridized carbons (Fsp3) is 0.583. The van der Waals surface area contributed by atoms with Crippen LogP contribution >= 0.6 is 0 Å². The van der Waals surface area contributed by atoms with Gasteiger partial charge in [-0.1, -0.05) is 6.07 Å². The molecular weight excluding hydrogens is 243 g/mol. The van der Waals surface area contributed by atoms with Crippen molar-refractivity contribution < 1.29 is 13.2 Å². The summed E-state index contributed by atoms with van der Waals surface area (Å²) >= 11 is 0. The smallest absolute Gasteiger partial charge is 0.356 e. The van der Waals surface area contributed by atoms with Crippen molar-refractivity contribution >= 4 is 5.82 Å². The third-order valence-electron chi connectivity index (χ3n) is 3.70. The van der Waals surface area contributed by atoms with Crippen molar-refractivity contribution in [1.82, 2.24) is 10.3 Å². The van der Waals surface area contributed by atoms with Crippen molar-refractivity contribution in [3.63, 3.8) is 0 Å². The summed E-state index contributed by atoms with van der Waals surface area (Å²) in [6.45, 7) is 1.84. The maximum atomic E-state index is 12.8. The largest absolute Gasteiger partial charge is 0.411 e. The number of hydrogen-bond donors (Lipinski definition) is 2. The molecule has 0 amide bonds. The first kappa shape index (κ1) is 11.8. The molecule has 1 aromatic rings. The second-order valence-electron chi connectivity index (χ2n) is 5.04. The van der Waals surface area contributed by atoms with E-state index >= 15 is 0 Å². The number of rotatable bonds is 3. The number of anilines is 1. The van der Waals surface area contributed by atoms with Gasteiger partial charge in [0.25, 0.3) is 0 Å². The highest BCUT2D eigenvalue weighted by Gasteiger charge is 2.63. The topological polar surface area (TPSA) is 37.0 Å². The van der Waals surface area contributed by atoms with Crippen LogP contribution in [-0.2, 0) is 0 Å². The van der Waals surface area contributed by atoms with Gasteiger partial charge in [-0.2, -0.15) is 13.2 Å². The molecule has 0 unspecified atom stereocenters. The highest BCUT2D eigenvalue weighted by Crippen LogP contribution is 2.50. The molecule has 0 bridgehead atoms. The lowest BCUT2D eigenvalue weighted by atomic mass is 9.95. The average molecular weight is 257 g/mol. The van der Waals surface area contributed by atoms with Gasteiger partial charge in [0.15, 0.2) is 0 Å². The Balaban J connectivity index is 1.70. The van der Waals surface area contributed by atoms with Gasteiger partial charge in [0.2, 0.25) is 0 Å². The van der Waals surface area contributed by atoms with Crippen LogP contribution in [0, 0.1) is 0 Å². The van der Waals surface area contributed by atoms with Crippen LogP contribution in [-0.4, -0.2) is 29.8 Å². The molecule has 2 aliphatic rings. The summed E-state index contributed by atoms with van der Waals surface area (Å²) in [6, 6.07) is 3.49. The molecule has 1 saturated heterocycles. The van der Waals surface area contributed by atoms with Gasteiger partial charge in [0.1, 0.15) is 11.4 Å². The summed E-state index contributed by atoms with van der Waals surface area (Å²) in [4.78, 5) is 4.08. The maximum absolute atomic E-state index is 12.8. The molecule has 18 heavy (non-hydrogen) atoms. The summed E-state index contributed by atoms with van der Waals surface area (Å²) in [5.74, 6) is 0.755. The van der Waals surface area contributed by atoms with Crippen molar-refractivity contribution in [3.05, 3.63) is 23.9 Å². The van der Waals surface area contributed by atoms with Crippen LogP contribution in [0.5, 0.6) is 0 Å². The van der Waals surface area contributed by atoms with E-state index in [1.54, 1.807) is 12.3 Å². The first-order valence-electron chi connectivity index (χ1n) is 6.02. The zero-order valence-corrected chi connectivity index (χ0v) is 9.72. The van der Waals surface area contributed by atoms with E-state index in [0.717, 1.165) is 18.7 Å². The molecule has 2 heterocycles. The van der Waals surface area contributed by atoms with Gasteiger partial charge >= 0.3 is 6.18 Å². The predicted octanol–water partition coefficient (Wildman–Crippen LogP) is 2.28.